The normalized spacial score (nSPS) is 9.23. The molecule has 4 nitrogen and oxygen atoms in total. The average Bonchev–Trinajstić information content (AvgIpc) is 2.15. The molecule has 2 N–H and O–H groups in total. The number of esters is 1. The molecule has 1 heterocycles. The van der Waals surface area contributed by atoms with Gasteiger partial charge in [0.25, 0.3) is 0 Å². The van der Waals surface area contributed by atoms with E-state index < -0.39 is 5.97 Å². The van der Waals surface area contributed by atoms with E-state index in [9.17, 15) is 4.79 Å². The molecule has 0 spiro atoms. The van der Waals surface area contributed by atoms with Gasteiger partial charge < -0.3 is 10.5 Å². The Balaban J connectivity index is 2.76. The molecular formula is C9H10N2O2. The largest absolute Gasteiger partial charge is 0.458 e. The van der Waals surface area contributed by atoms with Crippen molar-refractivity contribution in [3.05, 3.63) is 36.7 Å². The van der Waals surface area contributed by atoms with Crippen molar-refractivity contribution >= 4 is 11.7 Å². The summed E-state index contributed by atoms with van der Waals surface area (Å²) in [5, 5.41) is 0. The first-order valence-corrected chi connectivity index (χ1v) is 3.73. The summed E-state index contributed by atoms with van der Waals surface area (Å²) < 4.78 is 4.78. The Kier molecular flexibility index (Phi) is 3.03. The summed E-state index contributed by atoms with van der Waals surface area (Å²) in [6.07, 6.45) is 4.38. The fraction of sp³-hybridized carbons (Fsp3) is 0.111. The highest BCUT2D eigenvalue weighted by molar-refractivity contribution is 5.94. The summed E-state index contributed by atoms with van der Waals surface area (Å²) in [6.45, 7) is 3.60. The van der Waals surface area contributed by atoms with Crippen LogP contribution in [0.25, 0.3) is 0 Å². The van der Waals surface area contributed by atoms with Crippen LogP contribution in [-0.4, -0.2) is 17.6 Å². The maximum absolute atomic E-state index is 11.2. The highest BCUT2D eigenvalue weighted by atomic mass is 16.5. The molecule has 0 atom stereocenters. The van der Waals surface area contributed by atoms with Crippen LogP contribution in [0.5, 0.6) is 0 Å². The minimum Gasteiger partial charge on any atom is -0.458 e. The van der Waals surface area contributed by atoms with E-state index in [0.29, 0.717) is 5.69 Å². The molecule has 13 heavy (non-hydrogen) atoms. The zero-order valence-electron chi connectivity index (χ0n) is 7.06. The molecule has 68 valence electrons. The third-order valence-electron chi connectivity index (χ3n) is 1.41. The van der Waals surface area contributed by atoms with Crippen molar-refractivity contribution in [1.29, 1.82) is 0 Å². The number of rotatable bonds is 3. The van der Waals surface area contributed by atoms with Gasteiger partial charge in [0.2, 0.25) is 0 Å². The first-order valence-electron chi connectivity index (χ1n) is 3.73. The molecule has 0 fully saturated rings. The van der Waals surface area contributed by atoms with Crippen molar-refractivity contribution in [2.45, 2.75) is 0 Å². The van der Waals surface area contributed by atoms with E-state index in [1.54, 1.807) is 6.07 Å². The summed E-state index contributed by atoms with van der Waals surface area (Å²) >= 11 is 0. The number of hydrogen-bond acceptors (Lipinski definition) is 4. The van der Waals surface area contributed by atoms with Gasteiger partial charge in [0.15, 0.2) is 0 Å². The fourth-order valence-electron chi connectivity index (χ4n) is 0.788. The van der Waals surface area contributed by atoms with E-state index in [4.69, 9.17) is 10.5 Å². The van der Waals surface area contributed by atoms with E-state index in [1.165, 1.54) is 18.5 Å². The molecule has 0 aromatic carbocycles. The number of pyridine rings is 1. The number of carbonyl (C=O) groups excluding carboxylic acids is 1. The van der Waals surface area contributed by atoms with Crippen LogP contribution < -0.4 is 5.73 Å². The molecule has 0 radical (unpaired) electrons. The molecule has 0 saturated carbocycles. The summed E-state index contributed by atoms with van der Waals surface area (Å²) in [5.41, 5.74) is 6.17. The second-order valence-corrected chi connectivity index (χ2v) is 2.35. The van der Waals surface area contributed by atoms with Gasteiger partial charge in [0, 0.05) is 18.1 Å². The molecule has 0 aliphatic rings. The van der Waals surface area contributed by atoms with E-state index in [1.807, 2.05) is 0 Å². The minimum absolute atomic E-state index is 0.174. The van der Waals surface area contributed by atoms with Gasteiger partial charge in [-0.3, -0.25) is 4.98 Å². The van der Waals surface area contributed by atoms with Gasteiger partial charge in [0.05, 0.1) is 0 Å². The van der Waals surface area contributed by atoms with Crippen LogP contribution >= 0.6 is 0 Å². The second kappa shape index (κ2) is 4.25. The number of hydrogen-bond donors (Lipinski definition) is 1. The first-order chi connectivity index (χ1) is 6.25. The number of nitrogens with zero attached hydrogens (tertiary/aromatic N) is 1. The van der Waals surface area contributed by atoms with Crippen LogP contribution in [0.3, 0.4) is 0 Å². The number of nitrogen functional groups attached to an aromatic ring is 1. The Morgan fingerprint density at radius 1 is 1.77 bits per heavy atom. The van der Waals surface area contributed by atoms with Crippen LogP contribution in [0.1, 0.15) is 10.4 Å². The Bertz CT molecular complexity index is 323. The Hall–Kier alpha value is -1.84. The molecule has 0 unspecified atom stereocenters. The maximum atomic E-state index is 11.2. The van der Waals surface area contributed by atoms with Gasteiger partial charge in [-0.2, -0.15) is 0 Å². The van der Waals surface area contributed by atoms with Crippen LogP contribution in [0, 0.1) is 0 Å². The quantitative estimate of drug-likeness (QED) is 0.554. The molecule has 4 heteroatoms. The van der Waals surface area contributed by atoms with Crippen LogP contribution in [0.15, 0.2) is 31.1 Å². The second-order valence-electron chi connectivity index (χ2n) is 2.35. The summed E-state index contributed by atoms with van der Waals surface area (Å²) in [7, 11) is 0. The Morgan fingerprint density at radius 2 is 2.54 bits per heavy atom. The molecule has 1 aromatic heterocycles. The van der Waals surface area contributed by atoms with Crippen molar-refractivity contribution in [2.24, 2.45) is 0 Å². The van der Waals surface area contributed by atoms with Crippen molar-refractivity contribution in [1.82, 2.24) is 4.98 Å². The predicted molar refractivity (Wildman–Crippen MR) is 49.1 cm³/mol. The molecule has 1 rings (SSSR count). The van der Waals surface area contributed by atoms with Crippen LogP contribution in [0.4, 0.5) is 5.69 Å². The Labute approximate surface area is 76.0 Å². The zero-order chi connectivity index (χ0) is 9.68. The standard InChI is InChI=1S/C9H10N2O2/c1-2-5-13-9(12)7-6-11-4-3-8(7)10/h2-4,6H,1,5H2,(H2,10,11). The monoisotopic (exact) mass is 178 g/mol. The van der Waals surface area contributed by atoms with Gasteiger partial charge >= 0.3 is 5.97 Å². The van der Waals surface area contributed by atoms with Crippen molar-refractivity contribution < 1.29 is 9.53 Å². The number of carbonyl (C=O) groups is 1. The van der Waals surface area contributed by atoms with Gasteiger partial charge in [-0.25, -0.2) is 4.79 Å². The number of aromatic nitrogens is 1. The van der Waals surface area contributed by atoms with Gasteiger partial charge in [0.1, 0.15) is 12.2 Å². The van der Waals surface area contributed by atoms with Crippen molar-refractivity contribution in [3.63, 3.8) is 0 Å². The summed E-state index contributed by atoms with van der Waals surface area (Å²) in [4.78, 5) is 15.0. The van der Waals surface area contributed by atoms with Crippen LogP contribution in [-0.2, 0) is 4.74 Å². The molecule has 0 bridgehead atoms. The molecule has 1 aromatic rings. The number of anilines is 1. The molecule has 0 aliphatic carbocycles. The van der Waals surface area contributed by atoms with E-state index in [2.05, 4.69) is 11.6 Å². The Morgan fingerprint density at radius 3 is 3.15 bits per heavy atom. The lowest BCUT2D eigenvalue weighted by Crippen LogP contribution is -2.08. The highest BCUT2D eigenvalue weighted by Crippen LogP contribution is 2.09. The lowest BCUT2D eigenvalue weighted by atomic mass is 10.2. The highest BCUT2D eigenvalue weighted by Gasteiger charge is 2.09. The topological polar surface area (TPSA) is 65.2 Å². The molecule has 0 saturated heterocycles. The SMILES string of the molecule is C=CCOC(=O)c1cnccc1N. The summed E-state index contributed by atoms with van der Waals surface area (Å²) in [5.74, 6) is -0.481. The third-order valence-corrected chi connectivity index (χ3v) is 1.41. The van der Waals surface area contributed by atoms with E-state index >= 15 is 0 Å². The molecule has 0 amide bonds. The molecular weight excluding hydrogens is 168 g/mol. The van der Waals surface area contributed by atoms with Crippen LogP contribution in [0.2, 0.25) is 0 Å². The number of nitrogens with two attached hydrogens (primary N) is 1. The lowest BCUT2D eigenvalue weighted by Gasteiger charge is -2.03. The van der Waals surface area contributed by atoms with E-state index in [0.717, 1.165) is 0 Å². The summed E-state index contributed by atoms with van der Waals surface area (Å²) in [6, 6.07) is 1.55. The van der Waals surface area contributed by atoms with Crippen molar-refractivity contribution in [2.75, 3.05) is 12.3 Å². The van der Waals surface area contributed by atoms with E-state index in [-0.39, 0.29) is 12.2 Å². The smallest absolute Gasteiger partial charge is 0.342 e. The van der Waals surface area contributed by atoms with Crippen molar-refractivity contribution in [3.8, 4) is 0 Å². The van der Waals surface area contributed by atoms with Gasteiger partial charge in [-0.15, -0.1) is 0 Å². The fourth-order valence-corrected chi connectivity index (χ4v) is 0.788. The molecule has 0 aliphatic heterocycles. The third kappa shape index (κ3) is 2.30. The lowest BCUT2D eigenvalue weighted by molar-refractivity contribution is 0.0550. The predicted octanol–water partition coefficient (Wildman–Crippen LogP) is 1.01. The maximum Gasteiger partial charge on any atom is 0.342 e. The first kappa shape index (κ1) is 9.25. The number of ether oxygens (including phenoxy) is 1. The minimum atomic E-state index is -0.481. The average molecular weight is 178 g/mol. The zero-order valence-corrected chi connectivity index (χ0v) is 7.06. The van der Waals surface area contributed by atoms with Gasteiger partial charge in [-0.1, -0.05) is 12.7 Å². The van der Waals surface area contributed by atoms with Gasteiger partial charge in [-0.05, 0) is 6.07 Å².